The molecule has 0 bridgehead atoms. The quantitative estimate of drug-likeness (QED) is 0.835. The zero-order chi connectivity index (χ0) is 17.4. The van der Waals surface area contributed by atoms with Crippen LogP contribution in [0.25, 0.3) is 0 Å². The van der Waals surface area contributed by atoms with E-state index in [4.69, 9.17) is 4.52 Å². The molecule has 1 saturated heterocycles. The van der Waals surface area contributed by atoms with Crippen LogP contribution in [-0.4, -0.2) is 53.1 Å². The monoisotopic (exact) mass is 345 g/mol. The highest BCUT2D eigenvalue weighted by Gasteiger charge is 2.33. The van der Waals surface area contributed by atoms with Crippen LogP contribution in [0.15, 0.2) is 10.6 Å². The zero-order valence-corrected chi connectivity index (χ0v) is 15.6. The summed E-state index contributed by atoms with van der Waals surface area (Å²) in [7, 11) is 1.93. The zero-order valence-electron chi connectivity index (χ0n) is 15.6. The smallest absolute Gasteiger partial charge is 0.276 e. The van der Waals surface area contributed by atoms with E-state index in [2.05, 4.69) is 17.0 Å². The molecule has 138 valence electrons. The molecule has 0 unspecified atom stereocenters. The van der Waals surface area contributed by atoms with Crippen molar-refractivity contribution in [1.29, 1.82) is 0 Å². The fourth-order valence-electron chi connectivity index (χ4n) is 4.54. The van der Waals surface area contributed by atoms with Gasteiger partial charge < -0.3 is 14.3 Å². The molecule has 5 nitrogen and oxygen atoms in total. The van der Waals surface area contributed by atoms with Crippen molar-refractivity contribution in [2.45, 2.75) is 76.3 Å². The number of piperidine rings is 1. The highest BCUT2D eigenvalue weighted by molar-refractivity contribution is 5.92. The number of rotatable bonds is 4. The van der Waals surface area contributed by atoms with E-state index < -0.39 is 0 Å². The van der Waals surface area contributed by atoms with Crippen LogP contribution in [0.4, 0.5) is 0 Å². The van der Waals surface area contributed by atoms with Crippen LogP contribution >= 0.6 is 0 Å². The number of carbonyl (C=O) groups is 1. The van der Waals surface area contributed by atoms with Crippen LogP contribution in [-0.2, 0) is 0 Å². The van der Waals surface area contributed by atoms with E-state index >= 15 is 0 Å². The van der Waals surface area contributed by atoms with Gasteiger partial charge in [0.2, 0.25) is 0 Å². The molecule has 0 spiro atoms. The number of amides is 1. The van der Waals surface area contributed by atoms with Gasteiger partial charge in [0.15, 0.2) is 5.69 Å². The van der Waals surface area contributed by atoms with Gasteiger partial charge in [0.05, 0.1) is 0 Å². The molecule has 2 aliphatic carbocycles. The fraction of sp³-hybridized carbons (Fsp3) is 0.800. The standard InChI is InChI=1S/C20H31N3O2/c1-14-3-7-17(8-4-14)23-11-9-16(10-12-23)22(2)20(24)18-13-19(25-21-18)15-5-6-15/h13-17H,3-12H2,1-2H3. The molecule has 1 amide bonds. The average molecular weight is 345 g/mol. The van der Waals surface area contributed by atoms with Crippen LogP contribution in [0.1, 0.15) is 80.5 Å². The van der Waals surface area contributed by atoms with Gasteiger partial charge in [0, 0.05) is 44.2 Å². The highest BCUT2D eigenvalue weighted by atomic mass is 16.5. The second kappa shape index (κ2) is 7.10. The molecule has 1 aromatic heterocycles. The van der Waals surface area contributed by atoms with E-state index in [0.29, 0.717) is 17.7 Å². The second-order valence-corrected chi connectivity index (χ2v) is 8.49. The Balaban J connectivity index is 1.29. The van der Waals surface area contributed by atoms with Crippen molar-refractivity contribution in [2.24, 2.45) is 5.92 Å². The van der Waals surface area contributed by atoms with Gasteiger partial charge in [0.1, 0.15) is 5.76 Å². The molecule has 2 heterocycles. The van der Waals surface area contributed by atoms with E-state index in [1.807, 2.05) is 18.0 Å². The summed E-state index contributed by atoms with van der Waals surface area (Å²) in [5.41, 5.74) is 0.480. The van der Waals surface area contributed by atoms with Gasteiger partial charge in [-0.05, 0) is 57.3 Å². The summed E-state index contributed by atoms with van der Waals surface area (Å²) in [5.74, 6) is 2.31. The van der Waals surface area contributed by atoms with Gasteiger partial charge in [-0.1, -0.05) is 12.1 Å². The summed E-state index contributed by atoms with van der Waals surface area (Å²) < 4.78 is 5.35. The molecule has 5 heteroatoms. The molecule has 0 radical (unpaired) electrons. The van der Waals surface area contributed by atoms with Crippen LogP contribution in [0.2, 0.25) is 0 Å². The third kappa shape index (κ3) is 3.76. The molecule has 1 aliphatic heterocycles. The van der Waals surface area contributed by atoms with E-state index in [1.165, 1.54) is 25.7 Å². The summed E-state index contributed by atoms with van der Waals surface area (Å²) in [6.07, 6.45) is 9.92. The van der Waals surface area contributed by atoms with Gasteiger partial charge in [0.25, 0.3) is 5.91 Å². The van der Waals surface area contributed by atoms with Crippen LogP contribution < -0.4 is 0 Å². The first kappa shape index (κ1) is 17.1. The number of nitrogens with zero attached hydrogens (tertiary/aromatic N) is 3. The second-order valence-electron chi connectivity index (χ2n) is 8.49. The molecular formula is C20H31N3O2. The summed E-state index contributed by atoms with van der Waals surface area (Å²) in [5, 5.41) is 4.01. The van der Waals surface area contributed by atoms with Crippen LogP contribution in [0, 0.1) is 5.92 Å². The molecule has 3 aliphatic rings. The minimum Gasteiger partial charge on any atom is -0.360 e. The van der Waals surface area contributed by atoms with Crippen molar-refractivity contribution in [3.05, 3.63) is 17.5 Å². The third-order valence-corrected chi connectivity index (χ3v) is 6.60. The first-order chi connectivity index (χ1) is 12.1. The van der Waals surface area contributed by atoms with Gasteiger partial charge in [-0.3, -0.25) is 4.79 Å². The van der Waals surface area contributed by atoms with E-state index in [9.17, 15) is 4.79 Å². The molecule has 1 aromatic rings. The maximum Gasteiger partial charge on any atom is 0.276 e. The van der Waals surface area contributed by atoms with Crippen molar-refractivity contribution in [1.82, 2.24) is 15.0 Å². The maximum absolute atomic E-state index is 12.7. The van der Waals surface area contributed by atoms with Crippen molar-refractivity contribution >= 4 is 5.91 Å². The predicted octanol–water partition coefficient (Wildman–Crippen LogP) is 3.67. The number of aromatic nitrogens is 1. The lowest BCUT2D eigenvalue weighted by Crippen LogP contribution is -2.49. The van der Waals surface area contributed by atoms with E-state index in [1.54, 1.807) is 0 Å². The Kier molecular flexibility index (Phi) is 4.85. The van der Waals surface area contributed by atoms with Gasteiger partial charge in [-0.2, -0.15) is 0 Å². The molecule has 3 fully saturated rings. The minimum absolute atomic E-state index is 0.0144. The first-order valence-corrected chi connectivity index (χ1v) is 10.1. The molecule has 2 saturated carbocycles. The lowest BCUT2D eigenvalue weighted by atomic mass is 9.85. The first-order valence-electron chi connectivity index (χ1n) is 10.1. The number of likely N-dealkylation sites (tertiary alicyclic amines) is 1. The topological polar surface area (TPSA) is 49.6 Å². The molecule has 0 atom stereocenters. The molecule has 25 heavy (non-hydrogen) atoms. The number of hydrogen-bond acceptors (Lipinski definition) is 4. The van der Waals surface area contributed by atoms with Gasteiger partial charge >= 0.3 is 0 Å². The number of carbonyl (C=O) groups excluding carboxylic acids is 1. The van der Waals surface area contributed by atoms with Crippen molar-refractivity contribution < 1.29 is 9.32 Å². The normalized spacial score (nSPS) is 28.9. The maximum atomic E-state index is 12.7. The Hall–Kier alpha value is -1.36. The summed E-state index contributed by atoms with van der Waals surface area (Å²) >= 11 is 0. The van der Waals surface area contributed by atoms with Crippen LogP contribution in [0.5, 0.6) is 0 Å². The van der Waals surface area contributed by atoms with E-state index in [-0.39, 0.29) is 5.91 Å². The average Bonchev–Trinajstić information content (AvgIpc) is 3.38. The van der Waals surface area contributed by atoms with Crippen molar-refractivity contribution in [2.75, 3.05) is 20.1 Å². The SMILES string of the molecule is CC1CCC(N2CCC(N(C)C(=O)c3cc(C4CC4)on3)CC2)CC1. The van der Waals surface area contributed by atoms with Crippen LogP contribution in [0.3, 0.4) is 0 Å². The number of hydrogen-bond donors (Lipinski definition) is 0. The third-order valence-electron chi connectivity index (χ3n) is 6.60. The van der Waals surface area contributed by atoms with E-state index in [0.717, 1.165) is 56.5 Å². The van der Waals surface area contributed by atoms with Crippen molar-refractivity contribution in [3.63, 3.8) is 0 Å². The van der Waals surface area contributed by atoms with Crippen molar-refractivity contribution in [3.8, 4) is 0 Å². The fourth-order valence-corrected chi connectivity index (χ4v) is 4.54. The Morgan fingerprint density at radius 3 is 2.44 bits per heavy atom. The largest absolute Gasteiger partial charge is 0.360 e. The molecule has 4 rings (SSSR count). The molecular weight excluding hydrogens is 314 g/mol. The lowest BCUT2D eigenvalue weighted by Gasteiger charge is -2.42. The summed E-state index contributed by atoms with van der Waals surface area (Å²) in [6, 6.07) is 2.96. The lowest BCUT2D eigenvalue weighted by molar-refractivity contribution is 0.0532. The Bertz CT molecular complexity index is 594. The van der Waals surface area contributed by atoms with Gasteiger partial charge in [-0.15, -0.1) is 0 Å². The Morgan fingerprint density at radius 2 is 1.80 bits per heavy atom. The minimum atomic E-state index is 0.0144. The highest BCUT2D eigenvalue weighted by Crippen LogP contribution is 2.40. The summed E-state index contributed by atoms with van der Waals surface area (Å²) in [4.78, 5) is 17.3. The summed E-state index contributed by atoms with van der Waals surface area (Å²) in [6.45, 7) is 4.61. The predicted molar refractivity (Wildman–Crippen MR) is 96.6 cm³/mol. The van der Waals surface area contributed by atoms with Gasteiger partial charge in [-0.25, -0.2) is 0 Å². The Labute approximate surface area is 150 Å². The molecule has 0 aromatic carbocycles. The Morgan fingerprint density at radius 1 is 1.12 bits per heavy atom. The molecule has 0 N–H and O–H groups in total.